The third-order valence-corrected chi connectivity index (χ3v) is 3.12. The molecule has 4 nitrogen and oxygen atoms in total. The highest BCUT2D eigenvalue weighted by Crippen LogP contribution is 2.16. The Hall–Kier alpha value is -2.10. The van der Waals surface area contributed by atoms with Crippen LogP contribution in [0.1, 0.15) is 25.8 Å². The van der Waals surface area contributed by atoms with E-state index in [2.05, 4.69) is 46.2 Å². The molecule has 0 atom stereocenters. The molecule has 0 aliphatic rings. The molecule has 0 amide bonds. The minimum Gasteiger partial charge on any atom is -0.370 e. The fraction of sp³-hybridized carbons (Fsp3) is 0.375. The molecular weight excluding hydrogens is 248 g/mol. The number of nitrogens with zero attached hydrogens (tertiary/aromatic N) is 3. The van der Waals surface area contributed by atoms with Crippen LogP contribution in [0.25, 0.3) is 0 Å². The normalized spacial score (nSPS) is 10.3. The van der Waals surface area contributed by atoms with Gasteiger partial charge in [-0.05, 0) is 43.2 Å². The zero-order chi connectivity index (χ0) is 14.2. The Morgan fingerprint density at radius 3 is 2.60 bits per heavy atom. The standard InChI is InChI=1S/C16H22N4/c1-3-10-18-15-6-5-7-16(19-15)20(4-2)13-14-8-11-17-12-9-14/h5-9,11-12H,3-4,10,13H2,1-2H3,(H,18,19). The third-order valence-electron chi connectivity index (χ3n) is 3.12. The number of aromatic nitrogens is 2. The fourth-order valence-electron chi connectivity index (χ4n) is 2.01. The molecule has 2 rings (SSSR count). The van der Waals surface area contributed by atoms with Gasteiger partial charge in [-0.25, -0.2) is 4.98 Å². The molecule has 0 spiro atoms. The molecule has 0 aromatic carbocycles. The van der Waals surface area contributed by atoms with E-state index in [1.54, 1.807) is 0 Å². The van der Waals surface area contributed by atoms with Crippen molar-refractivity contribution in [1.29, 1.82) is 0 Å². The molecular formula is C16H22N4. The first-order valence-corrected chi connectivity index (χ1v) is 7.18. The summed E-state index contributed by atoms with van der Waals surface area (Å²) in [6.07, 6.45) is 4.76. The van der Waals surface area contributed by atoms with Gasteiger partial charge < -0.3 is 10.2 Å². The average molecular weight is 270 g/mol. The molecule has 0 bridgehead atoms. The number of hydrogen-bond acceptors (Lipinski definition) is 4. The van der Waals surface area contributed by atoms with Crippen LogP contribution >= 0.6 is 0 Å². The second kappa shape index (κ2) is 7.48. The summed E-state index contributed by atoms with van der Waals surface area (Å²) in [5.41, 5.74) is 1.25. The van der Waals surface area contributed by atoms with Gasteiger partial charge in [0.05, 0.1) is 0 Å². The van der Waals surface area contributed by atoms with Crippen LogP contribution in [0, 0.1) is 0 Å². The molecule has 0 unspecified atom stereocenters. The monoisotopic (exact) mass is 270 g/mol. The van der Waals surface area contributed by atoms with Crippen LogP contribution in [0.4, 0.5) is 11.6 Å². The predicted octanol–water partition coefficient (Wildman–Crippen LogP) is 3.33. The van der Waals surface area contributed by atoms with Crippen LogP contribution in [0.5, 0.6) is 0 Å². The van der Waals surface area contributed by atoms with Gasteiger partial charge >= 0.3 is 0 Å². The molecule has 0 aliphatic heterocycles. The highest BCUT2D eigenvalue weighted by molar-refractivity contribution is 5.47. The summed E-state index contributed by atoms with van der Waals surface area (Å²) in [5, 5.41) is 3.33. The molecule has 0 saturated carbocycles. The van der Waals surface area contributed by atoms with E-state index < -0.39 is 0 Å². The Morgan fingerprint density at radius 1 is 1.10 bits per heavy atom. The van der Waals surface area contributed by atoms with Gasteiger partial charge in [0.25, 0.3) is 0 Å². The van der Waals surface area contributed by atoms with Crippen LogP contribution in [0.3, 0.4) is 0 Å². The number of pyridine rings is 2. The lowest BCUT2D eigenvalue weighted by Crippen LogP contribution is -2.23. The van der Waals surface area contributed by atoms with E-state index in [4.69, 9.17) is 0 Å². The molecule has 1 N–H and O–H groups in total. The quantitative estimate of drug-likeness (QED) is 0.838. The SMILES string of the molecule is CCCNc1cccc(N(CC)Cc2ccncc2)n1. The zero-order valence-electron chi connectivity index (χ0n) is 12.2. The molecule has 20 heavy (non-hydrogen) atoms. The minimum absolute atomic E-state index is 0.850. The fourth-order valence-corrected chi connectivity index (χ4v) is 2.01. The highest BCUT2D eigenvalue weighted by atomic mass is 15.2. The summed E-state index contributed by atoms with van der Waals surface area (Å²) in [4.78, 5) is 11.0. The topological polar surface area (TPSA) is 41.0 Å². The lowest BCUT2D eigenvalue weighted by molar-refractivity contribution is 0.812. The van der Waals surface area contributed by atoms with Gasteiger partial charge in [0.1, 0.15) is 11.6 Å². The van der Waals surface area contributed by atoms with Crippen LogP contribution in [0.2, 0.25) is 0 Å². The molecule has 0 radical (unpaired) electrons. The summed E-state index contributed by atoms with van der Waals surface area (Å²) in [5.74, 6) is 1.95. The van der Waals surface area contributed by atoms with Crippen molar-refractivity contribution in [2.45, 2.75) is 26.8 Å². The van der Waals surface area contributed by atoms with Crippen molar-refractivity contribution in [2.24, 2.45) is 0 Å². The predicted molar refractivity (Wildman–Crippen MR) is 84.0 cm³/mol. The van der Waals surface area contributed by atoms with Crippen LogP contribution in [-0.2, 0) is 6.54 Å². The van der Waals surface area contributed by atoms with Crippen LogP contribution in [-0.4, -0.2) is 23.1 Å². The van der Waals surface area contributed by atoms with E-state index in [1.807, 2.05) is 30.6 Å². The molecule has 2 aromatic heterocycles. The Labute approximate surface area is 120 Å². The van der Waals surface area contributed by atoms with Crippen molar-refractivity contribution in [3.8, 4) is 0 Å². The van der Waals surface area contributed by atoms with Gasteiger partial charge in [-0.15, -0.1) is 0 Å². The average Bonchev–Trinajstić information content (AvgIpc) is 2.52. The first-order valence-electron chi connectivity index (χ1n) is 7.18. The lowest BCUT2D eigenvalue weighted by atomic mass is 10.2. The third kappa shape index (κ3) is 3.95. The van der Waals surface area contributed by atoms with E-state index in [1.165, 1.54) is 5.56 Å². The molecule has 0 aliphatic carbocycles. The first kappa shape index (κ1) is 14.3. The molecule has 2 heterocycles. The van der Waals surface area contributed by atoms with Gasteiger partial charge in [0, 0.05) is 32.0 Å². The Morgan fingerprint density at radius 2 is 1.90 bits per heavy atom. The van der Waals surface area contributed by atoms with Crippen molar-refractivity contribution < 1.29 is 0 Å². The number of anilines is 2. The number of hydrogen-bond donors (Lipinski definition) is 1. The van der Waals surface area contributed by atoms with E-state index in [9.17, 15) is 0 Å². The second-order valence-corrected chi connectivity index (χ2v) is 4.68. The summed E-state index contributed by atoms with van der Waals surface area (Å²) in [6, 6.07) is 10.2. The minimum atomic E-state index is 0.850. The smallest absolute Gasteiger partial charge is 0.131 e. The van der Waals surface area contributed by atoms with E-state index in [-0.39, 0.29) is 0 Å². The summed E-state index contributed by atoms with van der Waals surface area (Å²) >= 11 is 0. The van der Waals surface area contributed by atoms with Crippen molar-refractivity contribution in [3.05, 3.63) is 48.3 Å². The molecule has 4 heteroatoms. The Bertz CT molecular complexity index is 513. The molecule has 2 aromatic rings. The number of rotatable bonds is 7. The van der Waals surface area contributed by atoms with Gasteiger partial charge in [0.15, 0.2) is 0 Å². The molecule has 0 fully saturated rings. The Balaban J connectivity index is 2.10. The molecule has 106 valence electrons. The summed E-state index contributed by atoms with van der Waals surface area (Å²) in [7, 11) is 0. The zero-order valence-corrected chi connectivity index (χ0v) is 12.2. The highest BCUT2D eigenvalue weighted by Gasteiger charge is 2.07. The van der Waals surface area contributed by atoms with Gasteiger partial charge in [-0.1, -0.05) is 13.0 Å². The van der Waals surface area contributed by atoms with E-state index in [0.29, 0.717) is 0 Å². The first-order chi connectivity index (χ1) is 9.83. The van der Waals surface area contributed by atoms with Gasteiger partial charge in [-0.2, -0.15) is 0 Å². The van der Waals surface area contributed by atoms with Crippen LogP contribution < -0.4 is 10.2 Å². The summed E-state index contributed by atoms with van der Waals surface area (Å²) < 4.78 is 0. The Kier molecular flexibility index (Phi) is 5.35. The largest absolute Gasteiger partial charge is 0.370 e. The van der Waals surface area contributed by atoms with Crippen molar-refractivity contribution in [1.82, 2.24) is 9.97 Å². The second-order valence-electron chi connectivity index (χ2n) is 4.68. The maximum Gasteiger partial charge on any atom is 0.131 e. The van der Waals surface area contributed by atoms with Crippen LogP contribution in [0.15, 0.2) is 42.7 Å². The van der Waals surface area contributed by atoms with Crippen molar-refractivity contribution >= 4 is 11.6 Å². The maximum absolute atomic E-state index is 4.68. The molecule has 0 saturated heterocycles. The van der Waals surface area contributed by atoms with E-state index in [0.717, 1.165) is 37.7 Å². The van der Waals surface area contributed by atoms with Crippen molar-refractivity contribution in [3.63, 3.8) is 0 Å². The van der Waals surface area contributed by atoms with Crippen molar-refractivity contribution in [2.75, 3.05) is 23.3 Å². The van der Waals surface area contributed by atoms with Gasteiger partial charge in [-0.3, -0.25) is 4.98 Å². The van der Waals surface area contributed by atoms with E-state index >= 15 is 0 Å². The lowest BCUT2D eigenvalue weighted by Gasteiger charge is -2.22. The van der Waals surface area contributed by atoms with Gasteiger partial charge in [0.2, 0.25) is 0 Å². The summed E-state index contributed by atoms with van der Waals surface area (Å²) in [6.45, 7) is 7.02. The maximum atomic E-state index is 4.68. The number of nitrogens with one attached hydrogen (secondary N) is 1.